The highest BCUT2D eigenvalue weighted by Crippen LogP contribution is 2.26. The van der Waals surface area contributed by atoms with Crippen molar-refractivity contribution in [3.8, 4) is 0 Å². The fourth-order valence-electron chi connectivity index (χ4n) is 3.96. The first-order valence-corrected chi connectivity index (χ1v) is 9.10. The number of nitrogens with zero attached hydrogens (tertiary/aromatic N) is 6. The number of carbonyl (C=O) groups excluding carboxylic acids is 1. The summed E-state index contributed by atoms with van der Waals surface area (Å²) in [5.41, 5.74) is 0. The van der Waals surface area contributed by atoms with Gasteiger partial charge in [0.25, 0.3) is 0 Å². The molecular weight excluding hydrogens is 316 g/mol. The van der Waals surface area contributed by atoms with Crippen molar-refractivity contribution in [1.29, 1.82) is 0 Å². The van der Waals surface area contributed by atoms with Crippen LogP contribution in [0.25, 0.3) is 0 Å². The average molecular weight is 340 g/mol. The molecular formula is C18H24N6O. The third-order valence-electron chi connectivity index (χ3n) is 5.26. The van der Waals surface area contributed by atoms with E-state index < -0.39 is 0 Å². The largest absolute Gasteiger partial charge is 0.356 e. The summed E-state index contributed by atoms with van der Waals surface area (Å²) in [7, 11) is 0. The standard InChI is InChI=1S/C18H24N6O/c25-18(23-10-4-6-16(12-23)24-14-19-13-21-24)15-5-3-9-22(11-15)17-7-1-2-8-20-17/h1-2,7-8,13-16H,3-6,9-12H2/t15-,16-/m0/s1. The summed E-state index contributed by atoms with van der Waals surface area (Å²) in [6.45, 7) is 3.33. The highest BCUT2D eigenvalue weighted by molar-refractivity contribution is 5.80. The highest BCUT2D eigenvalue weighted by Gasteiger charge is 2.32. The lowest BCUT2D eigenvalue weighted by Gasteiger charge is -2.38. The molecule has 2 fully saturated rings. The molecule has 2 aliphatic heterocycles. The second kappa shape index (κ2) is 7.21. The van der Waals surface area contributed by atoms with Crippen molar-refractivity contribution in [2.45, 2.75) is 31.7 Å². The normalized spacial score (nSPS) is 24.3. The molecule has 4 heterocycles. The van der Waals surface area contributed by atoms with Gasteiger partial charge in [0.2, 0.25) is 5.91 Å². The fourth-order valence-corrected chi connectivity index (χ4v) is 3.96. The molecule has 0 aromatic carbocycles. The van der Waals surface area contributed by atoms with Crippen molar-refractivity contribution in [3.63, 3.8) is 0 Å². The van der Waals surface area contributed by atoms with Crippen LogP contribution in [0.4, 0.5) is 5.82 Å². The minimum atomic E-state index is 0.0604. The minimum absolute atomic E-state index is 0.0604. The number of pyridine rings is 1. The Balaban J connectivity index is 1.41. The summed E-state index contributed by atoms with van der Waals surface area (Å²) in [6.07, 6.45) is 9.20. The highest BCUT2D eigenvalue weighted by atomic mass is 16.2. The summed E-state index contributed by atoms with van der Waals surface area (Å²) in [6, 6.07) is 6.19. The molecule has 2 aliphatic rings. The molecule has 1 amide bonds. The molecule has 0 bridgehead atoms. The van der Waals surface area contributed by atoms with E-state index in [-0.39, 0.29) is 17.9 Å². The quantitative estimate of drug-likeness (QED) is 0.852. The Kier molecular flexibility index (Phi) is 4.63. The zero-order valence-electron chi connectivity index (χ0n) is 14.4. The van der Waals surface area contributed by atoms with Gasteiger partial charge >= 0.3 is 0 Å². The molecule has 2 atom stereocenters. The van der Waals surface area contributed by atoms with Crippen molar-refractivity contribution >= 4 is 11.7 Å². The summed E-state index contributed by atoms with van der Waals surface area (Å²) in [5.74, 6) is 1.31. The van der Waals surface area contributed by atoms with Crippen molar-refractivity contribution in [3.05, 3.63) is 37.1 Å². The number of hydrogen-bond acceptors (Lipinski definition) is 5. The van der Waals surface area contributed by atoms with Gasteiger partial charge in [0.15, 0.2) is 0 Å². The topological polar surface area (TPSA) is 67.2 Å². The van der Waals surface area contributed by atoms with Crippen LogP contribution in [0.1, 0.15) is 31.7 Å². The summed E-state index contributed by atoms with van der Waals surface area (Å²) in [5, 5.41) is 4.25. The van der Waals surface area contributed by atoms with Gasteiger partial charge in [-0.05, 0) is 37.8 Å². The molecule has 132 valence electrons. The zero-order valence-corrected chi connectivity index (χ0v) is 14.4. The maximum Gasteiger partial charge on any atom is 0.227 e. The third-order valence-corrected chi connectivity index (χ3v) is 5.26. The van der Waals surface area contributed by atoms with Gasteiger partial charge in [-0.1, -0.05) is 6.07 Å². The van der Waals surface area contributed by atoms with Gasteiger partial charge in [0, 0.05) is 32.4 Å². The van der Waals surface area contributed by atoms with Crippen LogP contribution in [0.2, 0.25) is 0 Å². The number of aromatic nitrogens is 4. The monoisotopic (exact) mass is 340 g/mol. The molecule has 2 aromatic heterocycles. The number of hydrogen-bond donors (Lipinski definition) is 0. The number of piperidine rings is 2. The molecule has 4 rings (SSSR count). The lowest BCUT2D eigenvalue weighted by Crippen LogP contribution is -2.48. The van der Waals surface area contributed by atoms with E-state index in [0.29, 0.717) is 0 Å². The lowest BCUT2D eigenvalue weighted by molar-refractivity contribution is -0.137. The SMILES string of the molecule is O=C([C@H]1CCCN(c2ccccn2)C1)N1CCC[C@H](n2cncn2)C1. The first-order valence-electron chi connectivity index (χ1n) is 9.10. The van der Waals surface area contributed by atoms with Crippen LogP contribution in [-0.2, 0) is 4.79 Å². The first-order chi connectivity index (χ1) is 12.3. The predicted octanol–water partition coefficient (Wildman–Crippen LogP) is 1.75. The molecule has 0 unspecified atom stereocenters. The maximum absolute atomic E-state index is 13.1. The van der Waals surface area contributed by atoms with Crippen LogP contribution in [0.3, 0.4) is 0 Å². The Morgan fingerprint density at radius 1 is 1.12 bits per heavy atom. The third kappa shape index (κ3) is 3.50. The first kappa shape index (κ1) is 16.1. The second-order valence-corrected chi connectivity index (χ2v) is 6.93. The predicted molar refractivity (Wildman–Crippen MR) is 94.0 cm³/mol. The molecule has 7 heteroatoms. The van der Waals surface area contributed by atoms with Crippen LogP contribution >= 0.6 is 0 Å². The van der Waals surface area contributed by atoms with E-state index >= 15 is 0 Å². The van der Waals surface area contributed by atoms with Gasteiger partial charge < -0.3 is 9.80 Å². The molecule has 0 N–H and O–H groups in total. The van der Waals surface area contributed by atoms with Crippen LogP contribution in [-0.4, -0.2) is 56.7 Å². The van der Waals surface area contributed by atoms with Gasteiger partial charge in [0.1, 0.15) is 18.5 Å². The van der Waals surface area contributed by atoms with Gasteiger partial charge in [0.05, 0.1) is 12.0 Å². The minimum Gasteiger partial charge on any atom is -0.356 e. The smallest absolute Gasteiger partial charge is 0.227 e. The molecule has 2 aromatic rings. The Bertz CT molecular complexity index is 689. The number of amides is 1. The van der Waals surface area contributed by atoms with E-state index in [4.69, 9.17) is 0 Å². The number of carbonyl (C=O) groups is 1. The molecule has 0 saturated carbocycles. The van der Waals surface area contributed by atoms with Crippen LogP contribution in [0.5, 0.6) is 0 Å². The molecule has 25 heavy (non-hydrogen) atoms. The maximum atomic E-state index is 13.1. The van der Waals surface area contributed by atoms with E-state index in [1.165, 1.54) is 0 Å². The number of rotatable bonds is 3. The Labute approximate surface area is 147 Å². The second-order valence-electron chi connectivity index (χ2n) is 6.93. The molecule has 2 saturated heterocycles. The van der Waals surface area contributed by atoms with E-state index in [1.54, 1.807) is 12.7 Å². The molecule has 0 aliphatic carbocycles. The van der Waals surface area contributed by atoms with E-state index in [1.807, 2.05) is 34.0 Å². The lowest BCUT2D eigenvalue weighted by atomic mass is 9.95. The van der Waals surface area contributed by atoms with Crippen LogP contribution < -0.4 is 4.90 Å². The Hall–Kier alpha value is -2.44. The van der Waals surface area contributed by atoms with Gasteiger partial charge in [-0.25, -0.2) is 14.6 Å². The van der Waals surface area contributed by atoms with E-state index in [2.05, 4.69) is 20.0 Å². The Morgan fingerprint density at radius 2 is 2.04 bits per heavy atom. The molecule has 0 spiro atoms. The van der Waals surface area contributed by atoms with Crippen LogP contribution in [0.15, 0.2) is 37.1 Å². The number of likely N-dealkylation sites (tertiary alicyclic amines) is 1. The van der Waals surface area contributed by atoms with E-state index in [0.717, 1.165) is 57.7 Å². The van der Waals surface area contributed by atoms with Crippen molar-refractivity contribution < 1.29 is 4.79 Å². The average Bonchev–Trinajstić information content (AvgIpc) is 3.23. The van der Waals surface area contributed by atoms with Gasteiger partial charge in [-0.3, -0.25) is 4.79 Å². The van der Waals surface area contributed by atoms with Crippen molar-refractivity contribution in [2.75, 3.05) is 31.1 Å². The molecule has 0 radical (unpaired) electrons. The fraction of sp³-hybridized carbons (Fsp3) is 0.556. The number of anilines is 1. The Morgan fingerprint density at radius 3 is 2.84 bits per heavy atom. The zero-order chi connectivity index (χ0) is 17.1. The summed E-state index contributed by atoms with van der Waals surface area (Å²) in [4.78, 5) is 25.8. The van der Waals surface area contributed by atoms with E-state index in [9.17, 15) is 4.79 Å². The van der Waals surface area contributed by atoms with Crippen LogP contribution in [0, 0.1) is 5.92 Å². The van der Waals surface area contributed by atoms with Crippen molar-refractivity contribution in [2.24, 2.45) is 5.92 Å². The van der Waals surface area contributed by atoms with Gasteiger partial charge in [-0.15, -0.1) is 0 Å². The van der Waals surface area contributed by atoms with Gasteiger partial charge in [-0.2, -0.15) is 5.10 Å². The van der Waals surface area contributed by atoms with Crippen molar-refractivity contribution in [1.82, 2.24) is 24.6 Å². The summed E-state index contributed by atoms with van der Waals surface area (Å²) >= 11 is 0. The summed E-state index contributed by atoms with van der Waals surface area (Å²) < 4.78 is 1.89. The molecule has 7 nitrogen and oxygen atoms in total.